The van der Waals surface area contributed by atoms with Gasteiger partial charge in [0.25, 0.3) is 5.91 Å². The summed E-state index contributed by atoms with van der Waals surface area (Å²) in [4.78, 5) is 37.0. The minimum Gasteiger partial charge on any atom is -0.459 e. The van der Waals surface area contributed by atoms with E-state index < -0.39 is 5.60 Å². The Hall–Kier alpha value is -3.31. The van der Waals surface area contributed by atoms with Crippen molar-refractivity contribution < 1.29 is 19.1 Å². The van der Waals surface area contributed by atoms with Crippen LogP contribution in [0, 0.1) is 0 Å². The second-order valence-corrected chi connectivity index (χ2v) is 12.4. The maximum atomic E-state index is 12.8. The van der Waals surface area contributed by atoms with E-state index in [1.807, 2.05) is 60.1 Å². The van der Waals surface area contributed by atoms with Crippen LogP contribution in [-0.4, -0.2) is 69.8 Å². The van der Waals surface area contributed by atoms with Crippen LogP contribution in [0.3, 0.4) is 0 Å². The van der Waals surface area contributed by atoms with Crippen molar-refractivity contribution in [2.45, 2.75) is 31.3 Å². The molecule has 1 aliphatic rings. The van der Waals surface area contributed by atoms with Gasteiger partial charge in [0.2, 0.25) is 0 Å². The van der Waals surface area contributed by atoms with Crippen LogP contribution in [0.15, 0.2) is 66.0 Å². The number of benzene rings is 2. The molecule has 1 aliphatic heterocycles. The van der Waals surface area contributed by atoms with Crippen molar-refractivity contribution in [1.82, 2.24) is 19.4 Å². The molecule has 12 heteroatoms. The second kappa shape index (κ2) is 12.3. The molecule has 0 radical (unpaired) electrons. The predicted octanol–water partition coefficient (Wildman–Crippen LogP) is 6.06. The predicted molar refractivity (Wildman–Crippen MR) is 161 cm³/mol. The Labute approximate surface area is 252 Å². The summed E-state index contributed by atoms with van der Waals surface area (Å²) in [6.45, 7) is 7.64. The number of fused-ring (bicyclic) bond motifs is 1. The molecule has 5 rings (SSSR count). The third kappa shape index (κ3) is 7.32. The highest BCUT2D eigenvalue weighted by atomic mass is 35.5. The van der Waals surface area contributed by atoms with Crippen molar-refractivity contribution in [3.8, 4) is 5.82 Å². The first-order valence-corrected chi connectivity index (χ1v) is 14.5. The van der Waals surface area contributed by atoms with Crippen molar-refractivity contribution in [2.75, 3.05) is 37.2 Å². The fourth-order valence-corrected chi connectivity index (χ4v) is 6.00. The fraction of sp³-hybridized carbons (Fsp3) is 0.310. The number of nitrogens with zero attached hydrogens (tertiary/aromatic N) is 5. The lowest BCUT2D eigenvalue weighted by molar-refractivity contribution is -0.152. The van der Waals surface area contributed by atoms with Crippen molar-refractivity contribution >= 4 is 63.6 Å². The maximum Gasteiger partial charge on any atom is 0.327 e. The average Bonchev–Trinajstić information content (AvgIpc) is 3.35. The molecular formula is C29H29Cl2N5O4S. The van der Waals surface area contributed by atoms with Crippen molar-refractivity contribution in [3.63, 3.8) is 0 Å². The second-order valence-electron chi connectivity index (χ2n) is 10.4. The number of halogens is 2. The monoisotopic (exact) mass is 613 g/mol. The van der Waals surface area contributed by atoms with Crippen LogP contribution >= 0.6 is 35.1 Å². The summed E-state index contributed by atoms with van der Waals surface area (Å²) in [5.74, 6) is 0.0653. The third-order valence-electron chi connectivity index (χ3n) is 6.11. The molecule has 2 aromatic carbocycles. The van der Waals surface area contributed by atoms with Crippen LogP contribution in [0.25, 0.3) is 16.7 Å². The van der Waals surface area contributed by atoms with E-state index in [1.54, 1.807) is 29.3 Å². The highest BCUT2D eigenvalue weighted by Gasteiger charge is 2.22. The van der Waals surface area contributed by atoms with Crippen LogP contribution in [0.4, 0.5) is 5.69 Å². The molecule has 0 atom stereocenters. The van der Waals surface area contributed by atoms with Crippen molar-refractivity contribution in [2.24, 2.45) is 0 Å². The Morgan fingerprint density at radius 1 is 1.02 bits per heavy atom. The topological polar surface area (TPSA) is 89.8 Å². The molecule has 1 amide bonds. The molecule has 214 valence electrons. The summed E-state index contributed by atoms with van der Waals surface area (Å²) < 4.78 is 14.7. The van der Waals surface area contributed by atoms with Crippen LogP contribution in [0.1, 0.15) is 31.3 Å². The molecule has 0 bridgehead atoms. The van der Waals surface area contributed by atoms with Gasteiger partial charge in [-0.15, -0.1) is 0 Å². The molecule has 2 aromatic heterocycles. The molecular weight excluding hydrogens is 585 g/mol. The number of hydrogen-bond acceptors (Lipinski definition) is 8. The Balaban J connectivity index is 1.40. The van der Waals surface area contributed by atoms with Gasteiger partial charge in [-0.3, -0.25) is 14.2 Å². The van der Waals surface area contributed by atoms with Crippen LogP contribution < -0.4 is 4.31 Å². The van der Waals surface area contributed by atoms with E-state index in [2.05, 4.69) is 9.97 Å². The van der Waals surface area contributed by atoms with Gasteiger partial charge >= 0.3 is 5.97 Å². The lowest BCUT2D eigenvalue weighted by Gasteiger charge is -2.26. The zero-order valence-electron chi connectivity index (χ0n) is 22.8. The van der Waals surface area contributed by atoms with Gasteiger partial charge in [-0.1, -0.05) is 23.2 Å². The number of amides is 1. The fourth-order valence-electron chi connectivity index (χ4n) is 4.35. The zero-order chi connectivity index (χ0) is 29.1. The van der Waals surface area contributed by atoms with Crippen LogP contribution in [0.5, 0.6) is 0 Å². The summed E-state index contributed by atoms with van der Waals surface area (Å²) >= 11 is 13.8. The molecule has 0 N–H and O–H groups in total. The molecule has 0 unspecified atom stereocenters. The Morgan fingerprint density at radius 3 is 2.41 bits per heavy atom. The Morgan fingerprint density at radius 2 is 1.76 bits per heavy atom. The van der Waals surface area contributed by atoms with Crippen LogP contribution in [-0.2, 0) is 14.3 Å². The SMILES string of the molecule is CC(C)(C)OC(=O)CN(Sc1cc(Cl)cc(Cl)c1)c1ccc2c(ccn2-c2cnc(C(=O)N3CCOCC3)cn2)c1. The van der Waals surface area contributed by atoms with E-state index in [0.717, 1.165) is 21.5 Å². The number of anilines is 1. The number of morpholine rings is 1. The minimum absolute atomic E-state index is 0.00237. The first-order valence-electron chi connectivity index (χ1n) is 13.0. The molecule has 1 saturated heterocycles. The molecule has 0 saturated carbocycles. The summed E-state index contributed by atoms with van der Waals surface area (Å²) in [5, 5.41) is 1.93. The average molecular weight is 615 g/mol. The van der Waals surface area contributed by atoms with Gasteiger partial charge in [0.1, 0.15) is 17.8 Å². The summed E-state index contributed by atoms with van der Waals surface area (Å²) in [7, 11) is 0. The lowest BCUT2D eigenvalue weighted by Crippen LogP contribution is -2.41. The molecule has 4 aromatic rings. The van der Waals surface area contributed by atoms with E-state index in [-0.39, 0.29) is 18.4 Å². The highest BCUT2D eigenvalue weighted by Crippen LogP contribution is 2.34. The number of aromatic nitrogens is 3. The summed E-state index contributed by atoms with van der Waals surface area (Å²) in [6.07, 6.45) is 4.99. The quantitative estimate of drug-likeness (QED) is 0.184. The van der Waals surface area contributed by atoms with Gasteiger partial charge in [0, 0.05) is 45.3 Å². The molecule has 0 spiro atoms. The number of ether oxygens (including phenoxy) is 2. The van der Waals surface area contributed by atoms with Crippen molar-refractivity contribution in [1.29, 1.82) is 0 Å². The largest absolute Gasteiger partial charge is 0.459 e. The van der Waals surface area contributed by atoms with E-state index in [0.29, 0.717) is 47.9 Å². The molecule has 41 heavy (non-hydrogen) atoms. The number of rotatable bonds is 7. The van der Waals surface area contributed by atoms with Gasteiger partial charge < -0.3 is 18.7 Å². The minimum atomic E-state index is -0.614. The van der Waals surface area contributed by atoms with Crippen LogP contribution in [0.2, 0.25) is 10.0 Å². The van der Waals surface area contributed by atoms with Gasteiger partial charge in [0.05, 0.1) is 31.1 Å². The molecule has 3 heterocycles. The molecule has 1 fully saturated rings. The summed E-state index contributed by atoms with van der Waals surface area (Å²) in [5.41, 5.74) is 1.37. The third-order valence-corrected chi connectivity index (χ3v) is 7.55. The number of hydrogen-bond donors (Lipinski definition) is 0. The summed E-state index contributed by atoms with van der Waals surface area (Å²) in [6, 6.07) is 13.1. The van der Waals surface area contributed by atoms with Crippen molar-refractivity contribution in [3.05, 3.63) is 76.8 Å². The normalized spacial score (nSPS) is 13.8. The molecule has 9 nitrogen and oxygen atoms in total. The first kappa shape index (κ1) is 29.2. The number of esters is 1. The molecule has 0 aliphatic carbocycles. The van der Waals surface area contributed by atoms with Gasteiger partial charge in [-0.25, -0.2) is 9.97 Å². The highest BCUT2D eigenvalue weighted by molar-refractivity contribution is 8.00. The number of carbonyl (C=O) groups is 2. The van der Waals surface area contributed by atoms with E-state index in [9.17, 15) is 9.59 Å². The van der Waals surface area contributed by atoms with E-state index in [4.69, 9.17) is 32.7 Å². The lowest BCUT2D eigenvalue weighted by atomic mass is 10.2. The first-order chi connectivity index (χ1) is 19.6. The number of carbonyl (C=O) groups excluding carboxylic acids is 2. The van der Waals surface area contributed by atoms with Gasteiger partial charge in [-0.05, 0) is 75.2 Å². The Kier molecular flexibility index (Phi) is 8.74. The smallest absolute Gasteiger partial charge is 0.327 e. The standard InChI is InChI=1S/C29H29Cl2N5O4S/c1-29(2,3)40-27(37)18-36(41-23-14-20(30)13-21(31)15-23)22-4-5-25-19(12-22)6-7-35(25)26-17-32-24(16-33-26)28(38)34-8-10-39-11-9-34/h4-7,12-17H,8-11,18H2,1-3H3. The maximum absolute atomic E-state index is 12.8. The van der Waals surface area contributed by atoms with E-state index in [1.165, 1.54) is 18.1 Å². The van der Waals surface area contributed by atoms with E-state index >= 15 is 0 Å². The van der Waals surface area contributed by atoms with Gasteiger partial charge in [0.15, 0.2) is 5.82 Å². The zero-order valence-corrected chi connectivity index (χ0v) is 25.2. The van der Waals surface area contributed by atoms with Gasteiger partial charge in [-0.2, -0.15) is 0 Å². The Bertz CT molecular complexity index is 1550.